The van der Waals surface area contributed by atoms with E-state index in [9.17, 15) is 4.39 Å². The minimum absolute atomic E-state index is 0. The van der Waals surface area contributed by atoms with Crippen molar-refractivity contribution in [3.8, 4) is 5.75 Å². The standard InChI is InChI=1S/C21H24FNO.ClH/c22-19-6-3-16(4-7-19)15-24-20-8-5-18-14-21(10-1-2-12-23-21)11-9-17(18)13-20;/h3-8,13,23H,1-2,9-12,14-15H2;1H. The maximum absolute atomic E-state index is 12.9. The molecule has 0 saturated carbocycles. The summed E-state index contributed by atoms with van der Waals surface area (Å²) in [5, 5.41) is 3.78. The molecule has 134 valence electrons. The van der Waals surface area contributed by atoms with Crippen LogP contribution < -0.4 is 10.1 Å². The van der Waals surface area contributed by atoms with Crippen molar-refractivity contribution in [1.29, 1.82) is 0 Å². The number of ether oxygens (including phenoxy) is 1. The molecule has 1 saturated heterocycles. The van der Waals surface area contributed by atoms with Gasteiger partial charge in [0, 0.05) is 5.54 Å². The highest BCUT2D eigenvalue weighted by Gasteiger charge is 2.35. The molecule has 2 aromatic rings. The van der Waals surface area contributed by atoms with Gasteiger partial charge in [-0.15, -0.1) is 12.4 Å². The maximum atomic E-state index is 12.9. The summed E-state index contributed by atoms with van der Waals surface area (Å²) >= 11 is 0. The van der Waals surface area contributed by atoms with Crippen LogP contribution in [0.4, 0.5) is 4.39 Å². The van der Waals surface area contributed by atoms with Crippen molar-refractivity contribution in [3.05, 3.63) is 65.0 Å². The van der Waals surface area contributed by atoms with Gasteiger partial charge in [0.25, 0.3) is 0 Å². The van der Waals surface area contributed by atoms with E-state index in [1.54, 1.807) is 12.1 Å². The van der Waals surface area contributed by atoms with Crippen molar-refractivity contribution >= 4 is 12.4 Å². The Morgan fingerprint density at radius 1 is 1.00 bits per heavy atom. The lowest BCUT2D eigenvalue weighted by atomic mass is 9.74. The lowest BCUT2D eigenvalue weighted by molar-refractivity contribution is 0.225. The molecule has 2 aromatic carbocycles. The predicted octanol–water partition coefficient (Wildman–Crippen LogP) is 4.83. The summed E-state index contributed by atoms with van der Waals surface area (Å²) in [6.07, 6.45) is 7.44. The zero-order valence-corrected chi connectivity index (χ0v) is 15.2. The zero-order chi connectivity index (χ0) is 16.4. The second kappa shape index (κ2) is 7.76. The minimum atomic E-state index is -0.210. The van der Waals surface area contributed by atoms with Crippen molar-refractivity contribution in [2.45, 2.75) is 50.7 Å². The molecule has 1 heterocycles. The topological polar surface area (TPSA) is 21.3 Å². The van der Waals surface area contributed by atoms with Crippen LogP contribution in [0.3, 0.4) is 0 Å². The average molecular weight is 362 g/mol. The Labute approximate surface area is 155 Å². The number of rotatable bonds is 3. The normalized spacial score (nSPS) is 22.1. The van der Waals surface area contributed by atoms with Gasteiger partial charge >= 0.3 is 0 Å². The molecule has 25 heavy (non-hydrogen) atoms. The van der Waals surface area contributed by atoms with Crippen LogP contribution in [0.2, 0.25) is 0 Å². The molecule has 0 aromatic heterocycles. The van der Waals surface area contributed by atoms with Gasteiger partial charge in [-0.2, -0.15) is 0 Å². The molecule has 1 N–H and O–H groups in total. The quantitative estimate of drug-likeness (QED) is 0.845. The highest BCUT2D eigenvalue weighted by Crippen LogP contribution is 2.35. The van der Waals surface area contributed by atoms with Gasteiger partial charge in [0.1, 0.15) is 18.2 Å². The van der Waals surface area contributed by atoms with Gasteiger partial charge in [-0.25, -0.2) is 4.39 Å². The molecule has 1 spiro atoms. The Morgan fingerprint density at radius 2 is 1.84 bits per heavy atom. The monoisotopic (exact) mass is 361 g/mol. The predicted molar refractivity (Wildman–Crippen MR) is 101 cm³/mol. The summed E-state index contributed by atoms with van der Waals surface area (Å²) in [6.45, 7) is 1.64. The fourth-order valence-electron chi connectivity index (χ4n) is 4.07. The third-order valence-corrected chi connectivity index (χ3v) is 5.48. The summed E-state index contributed by atoms with van der Waals surface area (Å²) < 4.78 is 18.8. The van der Waals surface area contributed by atoms with Crippen LogP contribution in [-0.4, -0.2) is 12.1 Å². The highest BCUT2D eigenvalue weighted by atomic mass is 35.5. The van der Waals surface area contributed by atoms with Gasteiger partial charge in [0.15, 0.2) is 0 Å². The molecule has 1 aliphatic carbocycles. The Kier molecular flexibility index (Phi) is 5.65. The van der Waals surface area contributed by atoms with E-state index in [4.69, 9.17) is 4.74 Å². The number of hydrogen-bond acceptors (Lipinski definition) is 2. The molecule has 1 unspecified atom stereocenters. The van der Waals surface area contributed by atoms with Crippen LogP contribution >= 0.6 is 12.4 Å². The van der Waals surface area contributed by atoms with E-state index in [-0.39, 0.29) is 18.2 Å². The molecule has 4 rings (SSSR count). The Morgan fingerprint density at radius 3 is 2.60 bits per heavy atom. The number of fused-ring (bicyclic) bond motifs is 1. The largest absolute Gasteiger partial charge is 0.489 e. The highest BCUT2D eigenvalue weighted by molar-refractivity contribution is 5.85. The van der Waals surface area contributed by atoms with Gasteiger partial charge in [-0.05, 0) is 79.6 Å². The molecule has 4 heteroatoms. The molecule has 1 fully saturated rings. The third-order valence-electron chi connectivity index (χ3n) is 5.48. The first-order valence-electron chi connectivity index (χ1n) is 8.97. The lowest BCUT2D eigenvalue weighted by Crippen LogP contribution is -2.52. The Bertz CT molecular complexity index is 710. The van der Waals surface area contributed by atoms with E-state index >= 15 is 0 Å². The fourth-order valence-corrected chi connectivity index (χ4v) is 4.07. The summed E-state index contributed by atoms with van der Waals surface area (Å²) in [5.74, 6) is 0.698. The van der Waals surface area contributed by atoms with E-state index in [0.717, 1.165) is 30.7 Å². The van der Waals surface area contributed by atoms with Crippen LogP contribution in [0.1, 0.15) is 42.4 Å². The van der Waals surface area contributed by atoms with Crippen molar-refractivity contribution in [2.75, 3.05) is 6.54 Å². The lowest BCUT2D eigenvalue weighted by Gasteiger charge is -2.42. The summed E-state index contributed by atoms with van der Waals surface area (Å²) in [6, 6.07) is 13.0. The number of piperidine rings is 1. The van der Waals surface area contributed by atoms with Crippen molar-refractivity contribution in [2.24, 2.45) is 0 Å². The number of aryl methyl sites for hydroxylation is 1. The van der Waals surface area contributed by atoms with Crippen molar-refractivity contribution < 1.29 is 9.13 Å². The van der Waals surface area contributed by atoms with Gasteiger partial charge in [-0.1, -0.05) is 24.6 Å². The number of nitrogens with one attached hydrogen (secondary N) is 1. The van der Waals surface area contributed by atoms with Gasteiger partial charge in [0.05, 0.1) is 0 Å². The van der Waals surface area contributed by atoms with E-state index in [1.807, 2.05) is 0 Å². The Hall–Kier alpha value is -1.58. The van der Waals surface area contributed by atoms with Crippen molar-refractivity contribution in [1.82, 2.24) is 5.32 Å². The summed E-state index contributed by atoms with van der Waals surface area (Å²) in [4.78, 5) is 0. The number of benzene rings is 2. The first kappa shape index (κ1) is 18.2. The van der Waals surface area contributed by atoms with Gasteiger partial charge in [-0.3, -0.25) is 0 Å². The molecule has 1 aliphatic heterocycles. The van der Waals surface area contributed by atoms with Crippen LogP contribution in [0.5, 0.6) is 5.75 Å². The first-order chi connectivity index (χ1) is 11.7. The number of halogens is 2. The van der Waals surface area contributed by atoms with Crippen LogP contribution in [-0.2, 0) is 19.4 Å². The molecule has 0 amide bonds. The van der Waals surface area contributed by atoms with Crippen LogP contribution in [0.25, 0.3) is 0 Å². The van der Waals surface area contributed by atoms with E-state index in [0.29, 0.717) is 12.1 Å². The second-order valence-corrected chi connectivity index (χ2v) is 7.19. The average Bonchev–Trinajstić information content (AvgIpc) is 2.62. The van der Waals surface area contributed by atoms with Gasteiger partial charge < -0.3 is 10.1 Å². The second-order valence-electron chi connectivity index (χ2n) is 7.19. The van der Waals surface area contributed by atoms with Crippen molar-refractivity contribution in [3.63, 3.8) is 0 Å². The zero-order valence-electron chi connectivity index (χ0n) is 14.4. The SMILES string of the molecule is Cl.Fc1ccc(COc2ccc3c(c2)CCC2(CCCCN2)C3)cc1. The molecule has 0 bridgehead atoms. The Balaban J connectivity index is 0.00000182. The first-order valence-corrected chi connectivity index (χ1v) is 8.97. The number of hydrogen-bond donors (Lipinski definition) is 1. The summed E-state index contributed by atoms with van der Waals surface area (Å²) in [5.41, 5.74) is 4.20. The van der Waals surface area contributed by atoms with Gasteiger partial charge in [0.2, 0.25) is 0 Å². The smallest absolute Gasteiger partial charge is 0.123 e. The van der Waals surface area contributed by atoms with E-state index in [2.05, 4.69) is 23.5 Å². The minimum Gasteiger partial charge on any atom is -0.489 e. The summed E-state index contributed by atoms with van der Waals surface area (Å²) in [7, 11) is 0. The van der Waals surface area contributed by atoms with E-state index < -0.39 is 0 Å². The molecule has 2 nitrogen and oxygen atoms in total. The van der Waals surface area contributed by atoms with Crippen LogP contribution in [0.15, 0.2) is 42.5 Å². The molecule has 0 radical (unpaired) electrons. The molecular formula is C21H25ClFNO. The third kappa shape index (κ3) is 4.16. The molecular weight excluding hydrogens is 337 g/mol. The van der Waals surface area contributed by atoms with E-state index in [1.165, 1.54) is 48.9 Å². The molecule has 2 aliphatic rings. The van der Waals surface area contributed by atoms with Crippen LogP contribution in [0, 0.1) is 5.82 Å². The fraction of sp³-hybridized carbons (Fsp3) is 0.429. The molecule has 1 atom stereocenters. The maximum Gasteiger partial charge on any atom is 0.123 e.